The van der Waals surface area contributed by atoms with Gasteiger partial charge in [0.1, 0.15) is 0 Å². The van der Waals surface area contributed by atoms with Crippen LogP contribution in [-0.2, 0) is 17.8 Å². The van der Waals surface area contributed by atoms with E-state index >= 15 is 0 Å². The van der Waals surface area contributed by atoms with E-state index in [1.807, 2.05) is 19.9 Å². The number of hydrogen-bond acceptors (Lipinski definition) is 3. The van der Waals surface area contributed by atoms with Gasteiger partial charge in [0.2, 0.25) is 5.91 Å². The number of carbonyl (C=O) groups excluding carboxylic acids is 1. The largest absolute Gasteiger partial charge is 0.351 e. The summed E-state index contributed by atoms with van der Waals surface area (Å²) in [6.07, 6.45) is 4.33. The van der Waals surface area contributed by atoms with Gasteiger partial charge >= 0.3 is 0 Å². The van der Waals surface area contributed by atoms with Crippen LogP contribution in [0.2, 0.25) is 0 Å². The Balaban J connectivity index is 1.88. The van der Waals surface area contributed by atoms with E-state index in [4.69, 9.17) is 0 Å². The molecule has 1 amide bonds. The summed E-state index contributed by atoms with van der Waals surface area (Å²) in [5, 5.41) is 6.09. The Bertz CT molecular complexity index is 431. The van der Waals surface area contributed by atoms with E-state index in [2.05, 4.69) is 20.6 Å². The molecule has 17 heavy (non-hydrogen) atoms. The van der Waals surface area contributed by atoms with Gasteiger partial charge < -0.3 is 10.3 Å². The smallest absolute Gasteiger partial charge is 0.237 e. The van der Waals surface area contributed by atoms with Crippen molar-refractivity contribution in [1.82, 2.24) is 20.6 Å². The number of nitrogens with zero attached hydrogens (tertiary/aromatic N) is 1. The van der Waals surface area contributed by atoms with Gasteiger partial charge in [0.25, 0.3) is 0 Å². The van der Waals surface area contributed by atoms with Crippen LogP contribution < -0.4 is 10.6 Å². The maximum absolute atomic E-state index is 11.9. The molecule has 1 atom stereocenters. The first-order valence-electron chi connectivity index (χ1n) is 5.82. The zero-order chi connectivity index (χ0) is 12.3. The molecule has 0 spiro atoms. The summed E-state index contributed by atoms with van der Waals surface area (Å²) in [6.45, 7) is 5.30. The molecule has 0 radical (unpaired) electrons. The molecule has 1 aromatic heterocycles. The minimum atomic E-state index is -0.170. The molecular weight excluding hydrogens is 216 g/mol. The molecule has 3 N–H and O–H groups in total. The summed E-state index contributed by atoms with van der Waals surface area (Å²) in [4.78, 5) is 19.1. The molecule has 1 aliphatic rings. The lowest BCUT2D eigenvalue weighted by Gasteiger charge is -2.21. The number of aromatic nitrogens is 2. The number of fused-ring (bicyclic) bond motifs is 1. The number of hydrogen-bond donors (Lipinski definition) is 3. The van der Waals surface area contributed by atoms with Gasteiger partial charge in [-0.15, -0.1) is 0 Å². The SMILES string of the molecule is CC(C)=CCNC(=O)C1Cc2nc[nH]c2CN1. The Labute approximate surface area is 101 Å². The number of imidazole rings is 1. The van der Waals surface area contributed by atoms with Gasteiger partial charge in [-0.25, -0.2) is 4.98 Å². The fourth-order valence-corrected chi connectivity index (χ4v) is 1.83. The lowest BCUT2D eigenvalue weighted by molar-refractivity contribution is -0.123. The highest BCUT2D eigenvalue weighted by Gasteiger charge is 2.25. The number of aromatic amines is 1. The normalized spacial score (nSPS) is 18.4. The van der Waals surface area contributed by atoms with E-state index < -0.39 is 0 Å². The van der Waals surface area contributed by atoms with Gasteiger partial charge in [-0.3, -0.25) is 10.1 Å². The van der Waals surface area contributed by atoms with Crippen LogP contribution in [0.3, 0.4) is 0 Å². The van der Waals surface area contributed by atoms with E-state index in [1.165, 1.54) is 5.57 Å². The molecule has 92 valence electrons. The first kappa shape index (κ1) is 11.9. The average molecular weight is 234 g/mol. The van der Waals surface area contributed by atoms with Crippen molar-refractivity contribution in [3.05, 3.63) is 29.4 Å². The van der Waals surface area contributed by atoms with Crippen LogP contribution in [-0.4, -0.2) is 28.5 Å². The number of allylic oxidation sites excluding steroid dienone is 1. The van der Waals surface area contributed by atoms with Gasteiger partial charge in [-0.2, -0.15) is 0 Å². The Morgan fingerprint density at radius 2 is 2.47 bits per heavy atom. The molecule has 5 heteroatoms. The van der Waals surface area contributed by atoms with Gasteiger partial charge in [-0.1, -0.05) is 11.6 Å². The molecule has 0 aliphatic carbocycles. The van der Waals surface area contributed by atoms with Crippen molar-refractivity contribution < 1.29 is 4.79 Å². The molecule has 0 bridgehead atoms. The van der Waals surface area contributed by atoms with Crippen molar-refractivity contribution in [1.29, 1.82) is 0 Å². The highest BCUT2D eigenvalue weighted by atomic mass is 16.2. The van der Waals surface area contributed by atoms with E-state index in [-0.39, 0.29) is 11.9 Å². The highest BCUT2D eigenvalue weighted by Crippen LogP contribution is 2.11. The third kappa shape index (κ3) is 2.94. The first-order chi connectivity index (χ1) is 8.16. The predicted molar refractivity (Wildman–Crippen MR) is 65.4 cm³/mol. The molecule has 1 aliphatic heterocycles. The molecule has 0 aromatic carbocycles. The second kappa shape index (κ2) is 5.14. The number of nitrogens with one attached hydrogen (secondary N) is 3. The van der Waals surface area contributed by atoms with E-state index in [9.17, 15) is 4.79 Å². The lowest BCUT2D eigenvalue weighted by Crippen LogP contribution is -2.47. The average Bonchev–Trinajstić information content (AvgIpc) is 2.75. The summed E-state index contributed by atoms with van der Waals surface area (Å²) in [6, 6.07) is -0.170. The third-order valence-electron chi connectivity index (χ3n) is 2.83. The van der Waals surface area contributed by atoms with Crippen LogP contribution in [0, 0.1) is 0 Å². The molecule has 0 saturated heterocycles. The van der Waals surface area contributed by atoms with E-state index in [0.29, 0.717) is 19.5 Å². The van der Waals surface area contributed by atoms with Crippen molar-refractivity contribution in [3.8, 4) is 0 Å². The maximum atomic E-state index is 11.9. The zero-order valence-electron chi connectivity index (χ0n) is 10.2. The topological polar surface area (TPSA) is 69.8 Å². The van der Waals surface area contributed by atoms with Gasteiger partial charge in [-0.05, 0) is 13.8 Å². The summed E-state index contributed by atoms with van der Waals surface area (Å²) in [7, 11) is 0. The quantitative estimate of drug-likeness (QED) is 0.667. The zero-order valence-corrected chi connectivity index (χ0v) is 10.2. The minimum Gasteiger partial charge on any atom is -0.351 e. The molecule has 0 fully saturated rings. The fourth-order valence-electron chi connectivity index (χ4n) is 1.83. The second-order valence-corrected chi connectivity index (χ2v) is 4.49. The highest BCUT2D eigenvalue weighted by molar-refractivity contribution is 5.82. The second-order valence-electron chi connectivity index (χ2n) is 4.49. The van der Waals surface area contributed by atoms with Gasteiger partial charge in [0.15, 0.2) is 0 Å². The molecule has 2 heterocycles. The van der Waals surface area contributed by atoms with Crippen molar-refractivity contribution in [2.75, 3.05) is 6.54 Å². The van der Waals surface area contributed by atoms with Crippen LogP contribution in [0.5, 0.6) is 0 Å². The minimum absolute atomic E-state index is 0.0381. The van der Waals surface area contributed by atoms with Crippen LogP contribution in [0.4, 0.5) is 0 Å². The fraction of sp³-hybridized carbons (Fsp3) is 0.500. The van der Waals surface area contributed by atoms with Crippen molar-refractivity contribution in [2.24, 2.45) is 0 Å². The van der Waals surface area contributed by atoms with Crippen molar-refractivity contribution in [2.45, 2.75) is 32.9 Å². The Kier molecular flexibility index (Phi) is 3.58. The summed E-state index contributed by atoms with van der Waals surface area (Å²) in [5.41, 5.74) is 3.28. The number of H-pyrrole nitrogens is 1. The summed E-state index contributed by atoms with van der Waals surface area (Å²) in [5.74, 6) is 0.0381. The predicted octanol–water partition coefficient (Wildman–Crippen LogP) is 0.506. The Morgan fingerprint density at radius 3 is 3.24 bits per heavy atom. The number of carbonyl (C=O) groups is 1. The maximum Gasteiger partial charge on any atom is 0.237 e. The van der Waals surface area contributed by atoms with Crippen LogP contribution in [0.1, 0.15) is 25.2 Å². The van der Waals surface area contributed by atoms with Gasteiger partial charge in [0.05, 0.1) is 23.8 Å². The van der Waals surface area contributed by atoms with Crippen molar-refractivity contribution >= 4 is 5.91 Å². The van der Waals surface area contributed by atoms with E-state index in [1.54, 1.807) is 6.33 Å². The molecule has 2 rings (SSSR count). The summed E-state index contributed by atoms with van der Waals surface area (Å²) >= 11 is 0. The van der Waals surface area contributed by atoms with E-state index in [0.717, 1.165) is 11.4 Å². The number of rotatable bonds is 3. The first-order valence-corrected chi connectivity index (χ1v) is 5.82. The van der Waals surface area contributed by atoms with Gasteiger partial charge in [0, 0.05) is 19.5 Å². The van der Waals surface area contributed by atoms with Crippen LogP contribution >= 0.6 is 0 Å². The Morgan fingerprint density at radius 1 is 1.65 bits per heavy atom. The Hall–Kier alpha value is -1.62. The van der Waals surface area contributed by atoms with Crippen molar-refractivity contribution in [3.63, 3.8) is 0 Å². The standard InChI is InChI=1S/C12H18N4O/c1-8(2)3-4-13-12(17)10-5-9-11(6-14-10)16-7-15-9/h3,7,10,14H,4-6H2,1-2H3,(H,13,17)(H,15,16). The molecule has 1 aromatic rings. The number of amides is 1. The molecule has 0 saturated carbocycles. The third-order valence-corrected chi connectivity index (χ3v) is 2.83. The molecule has 1 unspecified atom stereocenters. The van der Waals surface area contributed by atoms with Crippen LogP contribution in [0.25, 0.3) is 0 Å². The van der Waals surface area contributed by atoms with Crippen LogP contribution in [0.15, 0.2) is 18.0 Å². The monoisotopic (exact) mass is 234 g/mol. The summed E-state index contributed by atoms with van der Waals surface area (Å²) < 4.78 is 0. The molecular formula is C12H18N4O. The molecule has 5 nitrogen and oxygen atoms in total. The lowest BCUT2D eigenvalue weighted by atomic mass is 10.0.